The van der Waals surface area contributed by atoms with Crippen molar-refractivity contribution in [2.24, 2.45) is 7.05 Å². The lowest BCUT2D eigenvalue weighted by molar-refractivity contribution is 0.0945. The molecule has 0 spiro atoms. The van der Waals surface area contributed by atoms with Crippen LogP contribution in [0.25, 0.3) is 11.3 Å². The summed E-state index contributed by atoms with van der Waals surface area (Å²) in [6.45, 7) is 0.452. The maximum atomic E-state index is 12.4. The zero-order valence-corrected chi connectivity index (χ0v) is 15.0. The third-order valence-electron chi connectivity index (χ3n) is 4.09. The van der Waals surface area contributed by atoms with Gasteiger partial charge < -0.3 is 14.8 Å². The summed E-state index contributed by atoms with van der Waals surface area (Å²) >= 11 is 0. The van der Waals surface area contributed by atoms with Crippen molar-refractivity contribution in [3.63, 3.8) is 0 Å². The number of hydrogen-bond acceptors (Lipinski definition) is 4. The van der Waals surface area contributed by atoms with Crippen molar-refractivity contribution in [2.75, 3.05) is 14.2 Å². The molecule has 0 fully saturated rings. The van der Waals surface area contributed by atoms with Gasteiger partial charge in [-0.05, 0) is 29.8 Å². The van der Waals surface area contributed by atoms with Gasteiger partial charge in [-0.1, -0.05) is 30.3 Å². The Morgan fingerprint density at radius 2 is 1.85 bits per heavy atom. The predicted molar refractivity (Wildman–Crippen MR) is 99.4 cm³/mol. The molecular formula is C20H21N3O3. The second-order valence-corrected chi connectivity index (χ2v) is 5.77. The minimum Gasteiger partial charge on any atom is -0.497 e. The molecule has 1 heterocycles. The number of hydrogen-bond donors (Lipinski definition) is 1. The number of nitrogens with one attached hydrogen (secondary N) is 1. The van der Waals surface area contributed by atoms with E-state index in [2.05, 4.69) is 10.4 Å². The van der Waals surface area contributed by atoms with Crippen LogP contribution in [0.3, 0.4) is 0 Å². The summed E-state index contributed by atoms with van der Waals surface area (Å²) in [5.74, 6) is 1.17. The van der Waals surface area contributed by atoms with Gasteiger partial charge in [0.25, 0.3) is 5.91 Å². The lowest BCUT2D eigenvalue weighted by Gasteiger charge is -2.10. The van der Waals surface area contributed by atoms with E-state index < -0.39 is 0 Å². The number of ether oxygens (including phenoxy) is 2. The Morgan fingerprint density at radius 1 is 1.08 bits per heavy atom. The first-order chi connectivity index (χ1) is 12.6. The lowest BCUT2D eigenvalue weighted by atomic mass is 10.1. The van der Waals surface area contributed by atoms with E-state index >= 15 is 0 Å². The zero-order valence-electron chi connectivity index (χ0n) is 15.0. The van der Waals surface area contributed by atoms with Crippen molar-refractivity contribution >= 4 is 5.91 Å². The van der Waals surface area contributed by atoms with Crippen LogP contribution in [0.4, 0.5) is 0 Å². The first kappa shape index (κ1) is 17.5. The van der Waals surface area contributed by atoms with Gasteiger partial charge in [-0.25, -0.2) is 0 Å². The number of methoxy groups -OCH3 is 2. The minimum absolute atomic E-state index is 0.224. The molecule has 0 aliphatic heterocycles. The Morgan fingerprint density at radius 3 is 2.54 bits per heavy atom. The highest BCUT2D eigenvalue weighted by Gasteiger charge is 2.17. The fraction of sp³-hybridized carbons (Fsp3) is 0.200. The Balaban J connectivity index is 1.84. The van der Waals surface area contributed by atoms with Crippen molar-refractivity contribution in [3.8, 4) is 22.8 Å². The number of benzene rings is 2. The molecule has 6 heteroatoms. The zero-order chi connectivity index (χ0) is 18.5. The van der Waals surface area contributed by atoms with Crippen LogP contribution in [0.2, 0.25) is 0 Å². The molecule has 0 aliphatic rings. The number of aryl methyl sites for hydroxylation is 1. The van der Waals surface area contributed by atoms with Crippen molar-refractivity contribution in [1.82, 2.24) is 15.1 Å². The fourth-order valence-electron chi connectivity index (χ4n) is 2.71. The van der Waals surface area contributed by atoms with Gasteiger partial charge in [-0.3, -0.25) is 9.48 Å². The van der Waals surface area contributed by atoms with E-state index in [-0.39, 0.29) is 5.91 Å². The van der Waals surface area contributed by atoms with Gasteiger partial charge in [0.1, 0.15) is 11.5 Å². The Bertz CT molecular complexity index is 904. The number of rotatable bonds is 6. The van der Waals surface area contributed by atoms with Gasteiger partial charge in [0.15, 0.2) is 5.69 Å². The predicted octanol–water partition coefficient (Wildman–Crippen LogP) is 3.03. The van der Waals surface area contributed by atoms with Crippen molar-refractivity contribution in [3.05, 3.63) is 65.9 Å². The van der Waals surface area contributed by atoms with Crippen LogP contribution < -0.4 is 14.8 Å². The van der Waals surface area contributed by atoms with E-state index in [0.29, 0.717) is 23.7 Å². The van der Waals surface area contributed by atoms with E-state index in [9.17, 15) is 4.79 Å². The Kier molecular flexibility index (Phi) is 5.22. The van der Waals surface area contributed by atoms with Crippen LogP contribution in [0.1, 0.15) is 16.1 Å². The van der Waals surface area contributed by atoms with E-state index in [4.69, 9.17) is 9.47 Å². The number of carbonyl (C=O) groups excluding carboxylic acids is 1. The molecule has 1 amide bonds. The van der Waals surface area contributed by atoms with Gasteiger partial charge in [-0.2, -0.15) is 5.10 Å². The average Bonchev–Trinajstić information content (AvgIpc) is 3.08. The molecule has 134 valence electrons. The Labute approximate surface area is 152 Å². The van der Waals surface area contributed by atoms with Gasteiger partial charge in [-0.15, -0.1) is 0 Å². The van der Waals surface area contributed by atoms with E-state index in [0.717, 1.165) is 16.8 Å². The van der Waals surface area contributed by atoms with Crippen LogP contribution in [-0.2, 0) is 13.6 Å². The maximum Gasteiger partial charge on any atom is 0.272 e. The smallest absolute Gasteiger partial charge is 0.272 e. The monoisotopic (exact) mass is 351 g/mol. The molecule has 0 radical (unpaired) electrons. The van der Waals surface area contributed by atoms with Crippen LogP contribution in [0, 0.1) is 0 Å². The number of aromatic nitrogens is 2. The van der Waals surface area contributed by atoms with Gasteiger partial charge >= 0.3 is 0 Å². The van der Waals surface area contributed by atoms with Crippen LogP contribution >= 0.6 is 0 Å². The van der Waals surface area contributed by atoms with E-state index in [1.54, 1.807) is 32.0 Å². The van der Waals surface area contributed by atoms with Gasteiger partial charge in [0.2, 0.25) is 0 Å². The quantitative estimate of drug-likeness (QED) is 0.741. The molecule has 26 heavy (non-hydrogen) atoms. The summed E-state index contributed by atoms with van der Waals surface area (Å²) in [6, 6.07) is 17.0. The fourth-order valence-corrected chi connectivity index (χ4v) is 2.71. The lowest BCUT2D eigenvalue weighted by Crippen LogP contribution is -2.23. The molecular weight excluding hydrogens is 330 g/mol. The summed E-state index contributed by atoms with van der Waals surface area (Å²) in [4.78, 5) is 12.4. The number of carbonyl (C=O) groups is 1. The van der Waals surface area contributed by atoms with Crippen molar-refractivity contribution in [1.29, 1.82) is 0 Å². The highest BCUT2D eigenvalue weighted by molar-refractivity contribution is 5.93. The highest BCUT2D eigenvalue weighted by atomic mass is 16.5. The molecule has 3 rings (SSSR count). The average molecular weight is 351 g/mol. The molecule has 0 aliphatic carbocycles. The second kappa shape index (κ2) is 7.74. The van der Waals surface area contributed by atoms with E-state index in [1.165, 1.54) is 0 Å². The summed E-state index contributed by atoms with van der Waals surface area (Å²) in [5, 5.41) is 7.23. The summed E-state index contributed by atoms with van der Waals surface area (Å²) < 4.78 is 12.4. The van der Waals surface area contributed by atoms with Gasteiger partial charge in [0, 0.05) is 19.2 Å². The largest absolute Gasteiger partial charge is 0.497 e. The third-order valence-corrected chi connectivity index (χ3v) is 4.09. The van der Waals surface area contributed by atoms with Crippen LogP contribution in [-0.4, -0.2) is 29.9 Å². The SMILES string of the molecule is COc1ccc(OC)c(-c2cc(C(=O)NCc3ccccc3)nn2C)c1. The van der Waals surface area contributed by atoms with Gasteiger partial charge in [0.05, 0.1) is 19.9 Å². The molecule has 1 aromatic heterocycles. The van der Waals surface area contributed by atoms with Crippen LogP contribution in [0.15, 0.2) is 54.6 Å². The minimum atomic E-state index is -0.224. The molecule has 6 nitrogen and oxygen atoms in total. The summed E-state index contributed by atoms with van der Waals surface area (Å²) in [6.07, 6.45) is 0. The molecule has 0 atom stereocenters. The maximum absolute atomic E-state index is 12.4. The summed E-state index contributed by atoms with van der Waals surface area (Å²) in [5.41, 5.74) is 2.96. The molecule has 3 aromatic rings. The first-order valence-corrected chi connectivity index (χ1v) is 8.21. The Hall–Kier alpha value is -3.28. The number of nitrogens with zero attached hydrogens (tertiary/aromatic N) is 2. The number of amides is 1. The highest BCUT2D eigenvalue weighted by Crippen LogP contribution is 2.33. The second-order valence-electron chi connectivity index (χ2n) is 5.77. The molecule has 0 saturated heterocycles. The summed E-state index contributed by atoms with van der Waals surface area (Å²) in [7, 11) is 5.01. The molecule has 0 bridgehead atoms. The molecule has 2 aromatic carbocycles. The van der Waals surface area contributed by atoms with E-state index in [1.807, 2.05) is 48.5 Å². The van der Waals surface area contributed by atoms with Crippen molar-refractivity contribution < 1.29 is 14.3 Å². The van der Waals surface area contributed by atoms with Crippen molar-refractivity contribution in [2.45, 2.75) is 6.54 Å². The third kappa shape index (κ3) is 3.69. The van der Waals surface area contributed by atoms with Crippen LogP contribution in [0.5, 0.6) is 11.5 Å². The first-order valence-electron chi connectivity index (χ1n) is 8.21. The normalized spacial score (nSPS) is 10.4. The molecule has 0 saturated carbocycles. The molecule has 1 N–H and O–H groups in total. The topological polar surface area (TPSA) is 65.4 Å². The standard InChI is InChI=1S/C20H21N3O3/c1-23-18(16-11-15(25-2)9-10-19(16)26-3)12-17(22-23)20(24)21-13-14-7-5-4-6-8-14/h4-12H,13H2,1-3H3,(H,21,24). The molecule has 0 unspecified atom stereocenters.